The van der Waals surface area contributed by atoms with Crippen LogP contribution in [0.3, 0.4) is 0 Å². The first-order valence-electron chi connectivity index (χ1n) is 10.5. The molecule has 2 nitrogen and oxygen atoms in total. The van der Waals surface area contributed by atoms with Gasteiger partial charge in [-0.05, 0) is 64.5 Å². The van der Waals surface area contributed by atoms with Crippen LogP contribution in [0.1, 0.15) is 91.9 Å². The van der Waals surface area contributed by atoms with Gasteiger partial charge < -0.3 is 5.11 Å². The summed E-state index contributed by atoms with van der Waals surface area (Å²) in [5, 5.41) is 9.03. The van der Waals surface area contributed by atoms with Crippen molar-refractivity contribution in [3.8, 4) is 0 Å². The van der Waals surface area contributed by atoms with Crippen molar-refractivity contribution in [2.45, 2.75) is 64.7 Å². The lowest BCUT2D eigenvalue weighted by Crippen LogP contribution is -2.29. The van der Waals surface area contributed by atoms with E-state index in [0.717, 1.165) is 11.5 Å². The summed E-state index contributed by atoms with van der Waals surface area (Å²) < 4.78 is 0. The molecule has 0 saturated carbocycles. The van der Waals surface area contributed by atoms with Crippen molar-refractivity contribution >= 4 is 18.1 Å². The van der Waals surface area contributed by atoms with E-state index in [4.69, 9.17) is 5.11 Å². The van der Waals surface area contributed by atoms with Gasteiger partial charge in [-0.15, -0.1) is 0 Å². The molecule has 0 heterocycles. The van der Waals surface area contributed by atoms with E-state index in [2.05, 4.69) is 58.0 Å². The second-order valence-corrected chi connectivity index (χ2v) is 8.71. The van der Waals surface area contributed by atoms with Crippen LogP contribution in [0.2, 0.25) is 0 Å². The van der Waals surface area contributed by atoms with Crippen LogP contribution in [0.25, 0.3) is 12.2 Å². The lowest BCUT2D eigenvalue weighted by Gasteiger charge is -2.40. The zero-order valence-corrected chi connectivity index (χ0v) is 17.5. The van der Waals surface area contributed by atoms with E-state index < -0.39 is 5.97 Å². The predicted molar refractivity (Wildman–Crippen MR) is 118 cm³/mol. The summed E-state index contributed by atoms with van der Waals surface area (Å²) in [7, 11) is 0. The van der Waals surface area contributed by atoms with E-state index in [9.17, 15) is 4.79 Å². The second-order valence-electron chi connectivity index (χ2n) is 8.71. The number of hydrogen-bond donors (Lipinski definition) is 1. The van der Waals surface area contributed by atoms with Gasteiger partial charge in [0.1, 0.15) is 0 Å². The molecule has 28 heavy (non-hydrogen) atoms. The first-order valence-corrected chi connectivity index (χ1v) is 10.5. The molecule has 1 aliphatic rings. The number of aromatic carboxylic acids is 1. The Morgan fingerprint density at radius 2 is 1.68 bits per heavy atom. The molecule has 0 amide bonds. The third-order valence-electron chi connectivity index (χ3n) is 6.53. The second kappa shape index (κ2) is 8.34. The number of rotatable bonds is 6. The van der Waals surface area contributed by atoms with Gasteiger partial charge in [0.15, 0.2) is 0 Å². The topological polar surface area (TPSA) is 37.3 Å². The van der Waals surface area contributed by atoms with Crippen molar-refractivity contribution in [1.29, 1.82) is 0 Å². The predicted octanol–water partition coefficient (Wildman–Crippen LogP) is 7.15. The molecule has 1 N–H and O–H groups in total. The Labute approximate surface area is 169 Å². The molecule has 0 spiro atoms. The molecule has 1 atom stereocenters. The molecule has 1 aliphatic carbocycles. The van der Waals surface area contributed by atoms with Crippen LogP contribution in [0.15, 0.2) is 42.5 Å². The van der Waals surface area contributed by atoms with Gasteiger partial charge in [0, 0.05) is 0 Å². The number of carboxylic acid groups (broad SMARTS) is 1. The van der Waals surface area contributed by atoms with Gasteiger partial charge in [-0.3, -0.25) is 0 Å². The molecule has 1 unspecified atom stereocenters. The zero-order chi connectivity index (χ0) is 20.3. The lowest BCUT2D eigenvalue weighted by molar-refractivity contribution is 0.0697. The molecule has 148 valence electrons. The van der Waals surface area contributed by atoms with E-state index in [0.29, 0.717) is 11.5 Å². The minimum absolute atomic E-state index is 0.243. The number of hydrogen-bond acceptors (Lipinski definition) is 1. The summed E-state index contributed by atoms with van der Waals surface area (Å²) in [5.74, 6) is 0.513. The van der Waals surface area contributed by atoms with Crippen LogP contribution in [0.5, 0.6) is 0 Å². The monoisotopic (exact) mass is 376 g/mol. The molecular weight excluding hydrogens is 344 g/mol. The molecule has 3 rings (SSSR count). The van der Waals surface area contributed by atoms with E-state index in [-0.39, 0.29) is 5.41 Å². The number of fused-ring (bicyclic) bond motifs is 1. The zero-order valence-electron chi connectivity index (χ0n) is 17.5. The molecule has 0 radical (unpaired) electrons. The van der Waals surface area contributed by atoms with Crippen molar-refractivity contribution in [2.24, 2.45) is 5.92 Å². The first-order chi connectivity index (χ1) is 13.4. The standard InChI is InChI=1S/C26H32O2/c1-5-20(6-2)22-15-16-26(3,4)24-14-11-19(17-23(22)24)8-7-18-9-12-21(13-10-18)25(27)28/h7-14,17,20,22H,5-6,15-16H2,1-4H3,(H,27,28)/b8-7+. The molecular formula is C26H32O2. The Morgan fingerprint density at radius 1 is 1.07 bits per heavy atom. The Morgan fingerprint density at radius 3 is 2.29 bits per heavy atom. The normalized spacial score (nSPS) is 18.4. The molecule has 2 aromatic rings. The highest BCUT2D eigenvalue weighted by atomic mass is 16.4. The van der Waals surface area contributed by atoms with Crippen molar-refractivity contribution < 1.29 is 9.90 Å². The summed E-state index contributed by atoms with van der Waals surface area (Å²) in [4.78, 5) is 11.0. The van der Waals surface area contributed by atoms with Crippen molar-refractivity contribution in [3.05, 3.63) is 70.3 Å². The SMILES string of the molecule is CCC(CC)C1CCC(C)(C)c2ccc(/C=C/c3ccc(C(=O)O)cc3)cc21. The number of carbonyl (C=O) groups is 1. The molecule has 0 saturated heterocycles. The molecule has 0 bridgehead atoms. The molecule has 2 aromatic carbocycles. The molecule has 0 aliphatic heterocycles. The smallest absolute Gasteiger partial charge is 0.335 e. The molecule has 0 aromatic heterocycles. The van der Waals surface area contributed by atoms with E-state index in [1.807, 2.05) is 12.1 Å². The fourth-order valence-corrected chi connectivity index (χ4v) is 4.69. The first kappa shape index (κ1) is 20.4. The van der Waals surface area contributed by atoms with E-state index >= 15 is 0 Å². The summed E-state index contributed by atoms with van der Waals surface area (Å²) in [6, 6.07) is 14.0. The van der Waals surface area contributed by atoms with Crippen molar-refractivity contribution in [2.75, 3.05) is 0 Å². The largest absolute Gasteiger partial charge is 0.478 e. The average molecular weight is 377 g/mol. The highest BCUT2D eigenvalue weighted by Gasteiger charge is 2.35. The van der Waals surface area contributed by atoms with Crippen LogP contribution < -0.4 is 0 Å². The Balaban J connectivity index is 1.91. The average Bonchev–Trinajstić information content (AvgIpc) is 2.69. The number of carboxylic acids is 1. The van der Waals surface area contributed by atoms with Gasteiger partial charge in [0.2, 0.25) is 0 Å². The minimum Gasteiger partial charge on any atom is -0.478 e. The van der Waals surface area contributed by atoms with Crippen LogP contribution in [-0.2, 0) is 5.41 Å². The summed E-state index contributed by atoms with van der Waals surface area (Å²) in [5.41, 5.74) is 5.84. The van der Waals surface area contributed by atoms with Crippen LogP contribution >= 0.6 is 0 Å². The van der Waals surface area contributed by atoms with Crippen molar-refractivity contribution in [3.63, 3.8) is 0 Å². The van der Waals surface area contributed by atoms with E-state index in [1.54, 1.807) is 12.1 Å². The van der Waals surface area contributed by atoms with Gasteiger partial charge in [-0.25, -0.2) is 4.79 Å². The van der Waals surface area contributed by atoms with Gasteiger partial charge >= 0.3 is 5.97 Å². The minimum atomic E-state index is -0.889. The maximum absolute atomic E-state index is 11.0. The third-order valence-corrected chi connectivity index (χ3v) is 6.53. The fraction of sp³-hybridized carbons (Fsp3) is 0.423. The van der Waals surface area contributed by atoms with Gasteiger partial charge in [0.05, 0.1) is 5.56 Å². The number of benzene rings is 2. The summed E-state index contributed by atoms with van der Waals surface area (Å²) in [6.45, 7) is 9.37. The van der Waals surface area contributed by atoms with Crippen LogP contribution in [0.4, 0.5) is 0 Å². The maximum Gasteiger partial charge on any atom is 0.335 e. The Bertz CT molecular complexity index is 855. The highest BCUT2D eigenvalue weighted by molar-refractivity contribution is 5.88. The van der Waals surface area contributed by atoms with Crippen LogP contribution in [-0.4, -0.2) is 11.1 Å². The maximum atomic E-state index is 11.0. The summed E-state index contributed by atoms with van der Waals surface area (Å²) in [6.07, 6.45) is 9.20. The van der Waals surface area contributed by atoms with Crippen molar-refractivity contribution in [1.82, 2.24) is 0 Å². The highest BCUT2D eigenvalue weighted by Crippen LogP contribution is 2.47. The fourth-order valence-electron chi connectivity index (χ4n) is 4.69. The van der Waals surface area contributed by atoms with Crippen LogP contribution in [0, 0.1) is 5.92 Å². The lowest BCUT2D eigenvalue weighted by atomic mass is 9.64. The summed E-state index contributed by atoms with van der Waals surface area (Å²) >= 11 is 0. The van der Waals surface area contributed by atoms with E-state index in [1.165, 1.54) is 42.4 Å². The Kier molecular flexibility index (Phi) is 6.07. The molecule has 2 heteroatoms. The van der Waals surface area contributed by atoms with Gasteiger partial charge in [0.25, 0.3) is 0 Å². The van der Waals surface area contributed by atoms with Gasteiger partial charge in [-0.1, -0.05) is 83.0 Å². The van der Waals surface area contributed by atoms with Gasteiger partial charge in [-0.2, -0.15) is 0 Å². The molecule has 0 fully saturated rings. The Hall–Kier alpha value is -2.35. The third kappa shape index (κ3) is 4.22. The quantitative estimate of drug-likeness (QED) is 0.544.